The molecule has 1 rings (SSSR count). The second kappa shape index (κ2) is 4.42. The zero-order chi connectivity index (χ0) is 9.84. The Morgan fingerprint density at radius 2 is 2.38 bits per heavy atom. The first-order chi connectivity index (χ1) is 6.20. The van der Waals surface area contributed by atoms with Crippen LogP contribution >= 0.6 is 0 Å². The molecule has 0 aromatic carbocycles. The highest BCUT2D eigenvalue weighted by molar-refractivity contribution is 5.77. The summed E-state index contributed by atoms with van der Waals surface area (Å²) in [6.07, 6.45) is 4.49. The van der Waals surface area contributed by atoms with Gasteiger partial charge in [0.2, 0.25) is 5.91 Å². The van der Waals surface area contributed by atoms with Crippen LogP contribution in [0.5, 0.6) is 0 Å². The van der Waals surface area contributed by atoms with Crippen LogP contribution in [0, 0.1) is 5.92 Å². The molecule has 13 heavy (non-hydrogen) atoms. The van der Waals surface area contributed by atoms with Crippen molar-refractivity contribution in [2.75, 3.05) is 13.6 Å². The molecule has 1 atom stereocenters. The second-order valence-corrected chi connectivity index (χ2v) is 3.64. The maximum atomic E-state index is 11.5. The number of carbonyl (C=O) groups excluding carboxylic acids is 1. The van der Waals surface area contributed by atoms with E-state index in [9.17, 15) is 4.79 Å². The van der Waals surface area contributed by atoms with Crippen LogP contribution in [-0.2, 0) is 4.79 Å². The Morgan fingerprint density at radius 3 is 2.77 bits per heavy atom. The molecule has 1 amide bonds. The third-order valence-corrected chi connectivity index (χ3v) is 2.62. The Kier molecular flexibility index (Phi) is 3.48. The number of hydrogen-bond donors (Lipinski definition) is 1. The van der Waals surface area contributed by atoms with Gasteiger partial charge in [0.05, 0.1) is 0 Å². The second-order valence-electron chi connectivity index (χ2n) is 3.64. The van der Waals surface area contributed by atoms with Crippen molar-refractivity contribution in [3.63, 3.8) is 0 Å². The number of nitrogens with zero attached hydrogens (tertiary/aromatic N) is 1. The molecular weight excluding hydrogens is 164 g/mol. The molecule has 74 valence electrons. The van der Waals surface area contributed by atoms with Crippen LogP contribution in [-0.4, -0.2) is 30.4 Å². The fourth-order valence-electron chi connectivity index (χ4n) is 1.60. The molecule has 3 heteroatoms. The van der Waals surface area contributed by atoms with Gasteiger partial charge in [0.15, 0.2) is 0 Å². The summed E-state index contributed by atoms with van der Waals surface area (Å²) < 4.78 is 0. The summed E-state index contributed by atoms with van der Waals surface area (Å²) in [4.78, 5) is 13.3. The first kappa shape index (κ1) is 10.3. The SMILES string of the molecule is C=CCC(=O)N(C)C(CN)C1CC1. The molecule has 0 bridgehead atoms. The molecule has 0 spiro atoms. The smallest absolute Gasteiger partial charge is 0.226 e. The van der Waals surface area contributed by atoms with Crippen LogP contribution < -0.4 is 5.73 Å². The molecule has 2 N–H and O–H groups in total. The standard InChI is InChI=1S/C10H18N2O/c1-3-4-10(13)12(2)9(7-11)8-5-6-8/h3,8-9H,1,4-7,11H2,2H3. The number of hydrogen-bond acceptors (Lipinski definition) is 2. The Labute approximate surface area is 79.6 Å². The van der Waals surface area contributed by atoms with Gasteiger partial charge in [-0.25, -0.2) is 0 Å². The number of amides is 1. The monoisotopic (exact) mass is 182 g/mol. The van der Waals surface area contributed by atoms with E-state index in [0.717, 1.165) is 0 Å². The molecule has 0 saturated heterocycles. The van der Waals surface area contributed by atoms with E-state index < -0.39 is 0 Å². The lowest BCUT2D eigenvalue weighted by Gasteiger charge is -2.26. The highest BCUT2D eigenvalue weighted by Crippen LogP contribution is 2.34. The number of carbonyl (C=O) groups is 1. The molecule has 1 aliphatic carbocycles. The fraction of sp³-hybridized carbons (Fsp3) is 0.700. The van der Waals surface area contributed by atoms with Crippen molar-refractivity contribution in [2.24, 2.45) is 11.7 Å². The maximum Gasteiger partial charge on any atom is 0.226 e. The van der Waals surface area contributed by atoms with Gasteiger partial charge in [-0.3, -0.25) is 4.79 Å². The molecule has 0 aromatic heterocycles. The summed E-state index contributed by atoms with van der Waals surface area (Å²) in [5.74, 6) is 0.765. The van der Waals surface area contributed by atoms with E-state index in [2.05, 4.69) is 6.58 Å². The van der Waals surface area contributed by atoms with Crippen LogP contribution in [0.2, 0.25) is 0 Å². The van der Waals surface area contributed by atoms with Gasteiger partial charge in [0, 0.05) is 26.1 Å². The molecule has 0 aliphatic heterocycles. The first-order valence-electron chi connectivity index (χ1n) is 4.77. The van der Waals surface area contributed by atoms with E-state index in [1.807, 2.05) is 7.05 Å². The molecule has 1 aliphatic rings. The average molecular weight is 182 g/mol. The molecule has 0 aromatic rings. The summed E-state index contributed by atoms with van der Waals surface area (Å²) in [7, 11) is 1.84. The third kappa shape index (κ3) is 2.56. The topological polar surface area (TPSA) is 46.3 Å². The van der Waals surface area contributed by atoms with Gasteiger partial charge in [-0.1, -0.05) is 6.08 Å². The minimum Gasteiger partial charge on any atom is -0.341 e. The van der Waals surface area contributed by atoms with E-state index in [0.29, 0.717) is 18.9 Å². The lowest BCUT2D eigenvalue weighted by atomic mass is 10.1. The predicted octanol–water partition coefficient (Wildman–Crippen LogP) is 0.758. The van der Waals surface area contributed by atoms with Crippen molar-refractivity contribution in [1.82, 2.24) is 4.90 Å². The van der Waals surface area contributed by atoms with Gasteiger partial charge in [0.1, 0.15) is 0 Å². The maximum absolute atomic E-state index is 11.5. The summed E-state index contributed by atoms with van der Waals surface area (Å²) in [6.45, 7) is 4.12. The van der Waals surface area contributed by atoms with E-state index >= 15 is 0 Å². The van der Waals surface area contributed by atoms with Gasteiger partial charge in [0.25, 0.3) is 0 Å². The van der Waals surface area contributed by atoms with Gasteiger partial charge < -0.3 is 10.6 Å². The van der Waals surface area contributed by atoms with Crippen molar-refractivity contribution < 1.29 is 4.79 Å². The van der Waals surface area contributed by atoms with Gasteiger partial charge in [-0.15, -0.1) is 6.58 Å². The molecule has 3 nitrogen and oxygen atoms in total. The lowest BCUT2D eigenvalue weighted by Crippen LogP contribution is -2.43. The van der Waals surface area contributed by atoms with E-state index in [-0.39, 0.29) is 11.9 Å². The Morgan fingerprint density at radius 1 is 1.77 bits per heavy atom. The Hall–Kier alpha value is -0.830. The van der Waals surface area contributed by atoms with Crippen molar-refractivity contribution in [3.8, 4) is 0 Å². The van der Waals surface area contributed by atoms with E-state index in [1.165, 1.54) is 12.8 Å². The van der Waals surface area contributed by atoms with E-state index in [4.69, 9.17) is 5.73 Å². The van der Waals surface area contributed by atoms with Crippen molar-refractivity contribution in [3.05, 3.63) is 12.7 Å². The fourth-order valence-corrected chi connectivity index (χ4v) is 1.60. The van der Waals surface area contributed by atoms with Crippen molar-refractivity contribution in [2.45, 2.75) is 25.3 Å². The third-order valence-electron chi connectivity index (χ3n) is 2.62. The van der Waals surface area contributed by atoms with Crippen LogP contribution in [0.25, 0.3) is 0 Å². The van der Waals surface area contributed by atoms with Crippen molar-refractivity contribution >= 4 is 5.91 Å². The minimum absolute atomic E-state index is 0.123. The molecule has 1 saturated carbocycles. The number of rotatable bonds is 5. The van der Waals surface area contributed by atoms with Crippen LogP contribution in [0.1, 0.15) is 19.3 Å². The first-order valence-corrected chi connectivity index (χ1v) is 4.77. The van der Waals surface area contributed by atoms with Gasteiger partial charge >= 0.3 is 0 Å². The van der Waals surface area contributed by atoms with Crippen molar-refractivity contribution in [1.29, 1.82) is 0 Å². The molecule has 0 radical (unpaired) electrons. The minimum atomic E-state index is 0.123. The number of likely N-dealkylation sites (N-methyl/N-ethyl adjacent to an activating group) is 1. The van der Waals surface area contributed by atoms with Crippen LogP contribution in [0.4, 0.5) is 0 Å². The highest BCUT2D eigenvalue weighted by atomic mass is 16.2. The quantitative estimate of drug-likeness (QED) is 0.638. The normalized spacial score (nSPS) is 18.0. The summed E-state index contributed by atoms with van der Waals surface area (Å²) in [5, 5.41) is 0. The zero-order valence-electron chi connectivity index (χ0n) is 8.20. The zero-order valence-corrected chi connectivity index (χ0v) is 8.20. The number of nitrogens with two attached hydrogens (primary N) is 1. The predicted molar refractivity (Wildman–Crippen MR) is 53.2 cm³/mol. The lowest BCUT2D eigenvalue weighted by molar-refractivity contribution is -0.131. The van der Waals surface area contributed by atoms with Gasteiger partial charge in [-0.05, 0) is 18.8 Å². The Balaban J connectivity index is 2.46. The van der Waals surface area contributed by atoms with Gasteiger partial charge in [-0.2, -0.15) is 0 Å². The molecule has 1 unspecified atom stereocenters. The summed E-state index contributed by atoms with van der Waals surface area (Å²) in [6, 6.07) is 0.243. The highest BCUT2D eigenvalue weighted by Gasteiger charge is 2.34. The summed E-state index contributed by atoms with van der Waals surface area (Å²) in [5.41, 5.74) is 5.63. The average Bonchev–Trinajstić information content (AvgIpc) is 2.90. The largest absolute Gasteiger partial charge is 0.341 e. The van der Waals surface area contributed by atoms with Crippen LogP contribution in [0.3, 0.4) is 0 Å². The molecular formula is C10H18N2O. The summed E-state index contributed by atoms with van der Waals surface area (Å²) >= 11 is 0. The van der Waals surface area contributed by atoms with E-state index in [1.54, 1.807) is 11.0 Å². The Bertz CT molecular complexity index is 199. The molecule has 0 heterocycles. The molecule has 1 fully saturated rings. The van der Waals surface area contributed by atoms with Crippen LogP contribution in [0.15, 0.2) is 12.7 Å².